The van der Waals surface area contributed by atoms with Crippen LogP contribution in [0.2, 0.25) is 5.02 Å². The molecule has 17 heavy (non-hydrogen) atoms. The lowest BCUT2D eigenvalue weighted by Gasteiger charge is -2.04. The Kier molecular flexibility index (Phi) is 2.96. The van der Waals surface area contributed by atoms with Crippen molar-refractivity contribution in [1.82, 2.24) is 10.2 Å². The molecule has 0 aliphatic heterocycles. The second-order valence-corrected chi connectivity index (χ2v) is 5.77. The predicted molar refractivity (Wildman–Crippen MR) is 74.1 cm³/mol. The standard InChI is InChI=1S/C11H8ClN3S2/c12-8-6-17-11-9(5-14-15-10(8)11)13-4-7-2-1-3-16-7/h1-3,5-6H,4H2,(H,13,15). The number of nitrogens with zero attached hydrogens (tertiary/aromatic N) is 2. The molecule has 0 atom stereocenters. The fourth-order valence-electron chi connectivity index (χ4n) is 1.54. The Bertz CT molecular complexity index is 633. The molecule has 0 amide bonds. The molecule has 0 saturated carbocycles. The molecule has 0 saturated heterocycles. The van der Waals surface area contributed by atoms with Crippen molar-refractivity contribution in [3.8, 4) is 0 Å². The molecule has 3 heterocycles. The third-order valence-corrected chi connectivity index (χ3v) is 4.64. The SMILES string of the molecule is Clc1csc2c(NCc3cccs3)cnnc12. The number of halogens is 1. The molecule has 0 aromatic carbocycles. The highest BCUT2D eigenvalue weighted by molar-refractivity contribution is 7.18. The Balaban J connectivity index is 1.90. The normalized spacial score (nSPS) is 10.9. The van der Waals surface area contributed by atoms with Crippen molar-refractivity contribution in [2.45, 2.75) is 6.54 Å². The van der Waals surface area contributed by atoms with Gasteiger partial charge in [-0.2, -0.15) is 5.10 Å². The van der Waals surface area contributed by atoms with Crippen LogP contribution < -0.4 is 5.32 Å². The monoisotopic (exact) mass is 281 g/mol. The lowest BCUT2D eigenvalue weighted by atomic mass is 10.4. The van der Waals surface area contributed by atoms with Crippen LogP contribution in [0.4, 0.5) is 5.69 Å². The highest BCUT2D eigenvalue weighted by atomic mass is 35.5. The van der Waals surface area contributed by atoms with Crippen LogP contribution in [-0.2, 0) is 6.54 Å². The van der Waals surface area contributed by atoms with E-state index >= 15 is 0 Å². The molecular formula is C11H8ClN3S2. The Hall–Kier alpha value is -1.17. The molecule has 86 valence electrons. The van der Waals surface area contributed by atoms with Gasteiger partial charge in [0.15, 0.2) is 0 Å². The fraction of sp³-hybridized carbons (Fsp3) is 0.0909. The first-order valence-corrected chi connectivity index (χ1v) is 7.13. The molecule has 6 heteroatoms. The van der Waals surface area contributed by atoms with Gasteiger partial charge in [-0.3, -0.25) is 0 Å². The van der Waals surface area contributed by atoms with Gasteiger partial charge in [0.2, 0.25) is 0 Å². The molecule has 3 rings (SSSR count). The fourth-order valence-corrected chi connectivity index (χ4v) is 3.35. The minimum atomic E-state index is 0.664. The van der Waals surface area contributed by atoms with Crippen LogP contribution in [0.5, 0.6) is 0 Å². The van der Waals surface area contributed by atoms with Gasteiger partial charge in [-0.15, -0.1) is 27.8 Å². The summed E-state index contributed by atoms with van der Waals surface area (Å²) in [5, 5.41) is 16.0. The van der Waals surface area contributed by atoms with Gasteiger partial charge in [-0.25, -0.2) is 0 Å². The van der Waals surface area contributed by atoms with E-state index < -0.39 is 0 Å². The van der Waals surface area contributed by atoms with Crippen molar-refractivity contribution in [1.29, 1.82) is 0 Å². The predicted octanol–water partition coefficient (Wildman–Crippen LogP) is 4.02. The van der Waals surface area contributed by atoms with Gasteiger partial charge >= 0.3 is 0 Å². The second kappa shape index (κ2) is 4.60. The van der Waals surface area contributed by atoms with Gasteiger partial charge in [0.1, 0.15) is 5.52 Å². The zero-order chi connectivity index (χ0) is 11.7. The summed E-state index contributed by atoms with van der Waals surface area (Å²) in [6, 6.07) is 4.15. The highest BCUT2D eigenvalue weighted by Gasteiger charge is 2.08. The number of nitrogens with one attached hydrogen (secondary N) is 1. The minimum Gasteiger partial charge on any atom is -0.378 e. The number of anilines is 1. The summed E-state index contributed by atoms with van der Waals surface area (Å²) in [5.74, 6) is 0. The molecule has 0 spiro atoms. The van der Waals surface area contributed by atoms with E-state index in [1.54, 1.807) is 28.9 Å². The maximum Gasteiger partial charge on any atom is 0.124 e. The highest BCUT2D eigenvalue weighted by Crippen LogP contribution is 2.32. The van der Waals surface area contributed by atoms with Crippen molar-refractivity contribution in [3.05, 3.63) is 39.0 Å². The van der Waals surface area contributed by atoms with Crippen LogP contribution >= 0.6 is 34.3 Å². The summed E-state index contributed by atoms with van der Waals surface area (Å²) < 4.78 is 1.06. The number of thiophene rings is 2. The average molecular weight is 282 g/mol. The van der Waals surface area contributed by atoms with E-state index in [1.807, 2.05) is 11.4 Å². The van der Waals surface area contributed by atoms with E-state index in [0.29, 0.717) is 5.02 Å². The quantitative estimate of drug-likeness (QED) is 0.788. The Morgan fingerprint density at radius 2 is 2.29 bits per heavy atom. The van der Waals surface area contributed by atoms with Crippen molar-refractivity contribution >= 4 is 50.2 Å². The number of hydrogen-bond acceptors (Lipinski definition) is 5. The topological polar surface area (TPSA) is 37.8 Å². The summed E-state index contributed by atoms with van der Waals surface area (Å²) in [7, 11) is 0. The summed E-state index contributed by atoms with van der Waals surface area (Å²) in [6.45, 7) is 0.800. The van der Waals surface area contributed by atoms with Gasteiger partial charge in [0, 0.05) is 16.8 Å². The number of fused-ring (bicyclic) bond motifs is 1. The summed E-state index contributed by atoms with van der Waals surface area (Å²) in [4.78, 5) is 1.29. The van der Waals surface area contributed by atoms with Crippen LogP contribution in [0.15, 0.2) is 29.1 Å². The summed E-state index contributed by atoms with van der Waals surface area (Å²) in [6.07, 6.45) is 1.74. The number of aromatic nitrogens is 2. The van der Waals surface area contributed by atoms with Crippen molar-refractivity contribution in [2.75, 3.05) is 5.32 Å². The van der Waals surface area contributed by atoms with Gasteiger partial charge < -0.3 is 5.32 Å². The first-order valence-electron chi connectivity index (χ1n) is 4.99. The van der Waals surface area contributed by atoms with Crippen LogP contribution in [0.3, 0.4) is 0 Å². The zero-order valence-corrected chi connectivity index (χ0v) is 11.1. The number of rotatable bonds is 3. The molecule has 1 N–H and O–H groups in total. The van der Waals surface area contributed by atoms with Crippen molar-refractivity contribution in [3.63, 3.8) is 0 Å². The van der Waals surface area contributed by atoms with E-state index in [-0.39, 0.29) is 0 Å². The lowest BCUT2D eigenvalue weighted by Crippen LogP contribution is -1.98. The van der Waals surface area contributed by atoms with E-state index in [1.165, 1.54) is 4.88 Å². The first-order chi connectivity index (χ1) is 8.34. The van der Waals surface area contributed by atoms with Gasteiger partial charge in [-0.1, -0.05) is 17.7 Å². The lowest BCUT2D eigenvalue weighted by molar-refractivity contribution is 1.07. The maximum atomic E-state index is 6.03. The molecule has 0 aliphatic rings. The third kappa shape index (κ3) is 2.13. The van der Waals surface area contributed by atoms with E-state index in [0.717, 1.165) is 22.4 Å². The van der Waals surface area contributed by atoms with E-state index in [9.17, 15) is 0 Å². The Morgan fingerprint density at radius 1 is 1.35 bits per heavy atom. The largest absolute Gasteiger partial charge is 0.378 e. The van der Waals surface area contributed by atoms with Crippen LogP contribution in [0.25, 0.3) is 10.2 Å². The van der Waals surface area contributed by atoms with Crippen LogP contribution in [0.1, 0.15) is 4.88 Å². The smallest absolute Gasteiger partial charge is 0.124 e. The van der Waals surface area contributed by atoms with E-state index in [4.69, 9.17) is 11.6 Å². The van der Waals surface area contributed by atoms with Gasteiger partial charge in [-0.05, 0) is 11.4 Å². The van der Waals surface area contributed by atoms with Gasteiger partial charge in [0.25, 0.3) is 0 Å². The molecule has 3 aromatic heterocycles. The molecule has 0 radical (unpaired) electrons. The van der Waals surface area contributed by atoms with Crippen LogP contribution in [-0.4, -0.2) is 10.2 Å². The van der Waals surface area contributed by atoms with Crippen LogP contribution in [0, 0.1) is 0 Å². The molecule has 0 aliphatic carbocycles. The Morgan fingerprint density at radius 3 is 3.12 bits per heavy atom. The molecule has 3 nitrogen and oxygen atoms in total. The average Bonchev–Trinajstić information content (AvgIpc) is 2.97. The molecule has 0 bridgehead atoms. The summed E-state index contributed by atoms with van der Waals surface area (Å²) >= 11 is 9.34. The second-order valence-electron chi connectivity index (χ2n) is 3.45. The first kappa shape index (κ1) is 11.0. The third-order valence-electron chi connectivity index (χ3n) is 2.34. The maximum absolute atomic E-state index is 6.03. The molecule has 0 unspecified atom stereocenters. The van der Waals surface area contributed by atoms with Crippen molar-refractivity contribution in [2.24, 2.45) is 0 Å². The van der Waals surface area contributed by atoms with E-state index in [2.05, 4.69) is 27.0 Å². The molecule has 0 fully saturated rings. The number of hydrogen-bond donors (Lipinski definition) is 1. The van der Waals surface area contributed by atoms with Crippen molar-refractivity contribution < 1.29 is 0 Å². The zero-order valence-electron chi connectivity index (χ0n) is 8.68. The summed E-state index contributed by atoms with van der Waals surface area (Å²) in [5.41, 5.74) is 1.76. The minimum absolute atomic E-state index is 0.664. The van der Waals surface area contributed by atoms with Gasteiger partial charge in [0.05, 0.1) is 21.6 Å². The molecular weight excluding hydrogens is 274 g/mol. The molecule has 3 aromatic rings. The Labute approximate surface area is 111 Å².